The maximum atomic E-state index is 12.3. The SMILES string of the molecule is Nc1cc(C(F)F)nc(CCl)c1C(=O)O. The van der Waals surface area contributed by atoms with E-state index < -0.39 is 18.1 Å². The summed E-state index contributed by atoms with van der Waals surface area (Å²) in [5.41, 5.74) is 4.01. The summed E-state index contributed by atoms with van der Waals surface area (Å²) in [5.74, 6) is -1.62. The summed E-state index contributed by atoms with van der Waals surface area (Å²) < 4.78 is 24.6. The van der Waals surface area contributed by atoms with Gasteiger partial charge in [0.05, 0.1) is 17.3 Å². The number of anilines is 1. The standard InChI is InChI=1S/C8H7ClF2N2O2/c9-2-5-6(8(14)15)3(12)1-4(13-5)7(10)11/h1,7H,2H2,(H2,12,13)(H,14,15). The second kappa shape index (κ2) is 4.39. The van der Waals surface area contributed by atoms with Crippen LogP contribution in [-0.4, -0.2) is 16.1 Å². The maximum Gasteiger partial charge on any atom is 0.339 e. The van der Waals surface area contributed by atoms with Gasteiger partial charge in [0.15, 0.2) is 0 Å². The van der Waals surface area contributed by atoms with E-state index in [4.69, 9.17) is 22.4 Å². The molecule has 0 bridgehead atoms. The summed E-state index contributed by atoms with van der Waals surface area (Å²) in [6.45, 7) is 0. The zero-order valence-corrected chi connectivity index (χ0v) is 8.13. The minimum absolute atomic E-state index is 0.153. The summed E-state index contributed by atoms with van der Waals surface area (Å²) in [7, 11) is 0. The molecule has 1 aromatic heterocycles. The zero-order chi connectivity index (χ0) is 11.6. The molecule has 0 aliphatic rings. The average Bonchev–Trinajstić information content (AvgIpc) is 2.15. The third kappa shape index (κ3) is 2.33. The Bertz CT molecular complexity index is 398. The summed E-state index contributed by atoms with van der Waals surface area (Å²) in [5, 5.41) is 8.74. The number of hydrogen-bond donors (Lipinski definition) is 2. The number of carboxylic acid groups (broad SMARTS) is 1. The van der Waals surface area contributed by atoms with E-state index in [-0.39, 0.29) is 22.8 Å². The number of nitrogens with zero attached hydrogens (tertiary/aromatic N) is 1. The quantitative estimate of drug-likeness (QED) is 0.788. The van der Waals surface area contributed by atoms with E-state index in [2.05, 4.69) is 4.98 Å². The minimum Gasteiger partial charge on any atom is -0.478 e. The number of rotatable bonds is 3. The van der Waals surface area contributed by atoms with Gasteiger partial charge in [0.2, 0.25) is 0 Å². The molecule has 1 aromatic rings. The number of halogens is 3. The van der Waals surface area contributed by atoms with Crippen LogP contribution < -0.4 is 5.73 Å². The molecule has 1 heterocycles. The molecule has 4 nitrogen and oxygen atoms in total. The predicted octanol–water partition coefficient (Wildman–Crippen LogP) is 2.04. The van der Waals surface area contributed by atoms with Gasteiger partial charge in [0.25, 0.3) is 6.43 Å². The van der Waals surface area contributed by atoms with E-state index in [1.54, 1.807) is 0 Å². The van der Waals surface area contributed by atoms with Gasteiger partial charge < -0.3 is 10.8 Å². The van der Waals surface area contributed by atoms with Gasteiger partial charge in [0.1, 0.15) is 11.3 Å². The van der Waals surface area contributed by atoms with Crippen LogP contribution in [0.25, 0.3) is 0 Å². The molecule has 0 atom stereocenters. The fourth-order valence-electron chi connectivity index (χ4n) is 1.10. The van der Waals surface area contributed by atoms with Crippen LogP contribution in [0.15, 0.2) is 6.07 Å². The van der Waals surface area contributed by atoms with Crippen LogP contribution in [0.4, 0.5) is 14.5 Å². The van der Waals surface area contributed by atoms with Crippen molar-refractivity contribution in [3.63, 3.8) is 0 Å². The van der Waals surface area contributed by atoms with Crippen molar-refractivity contribution < 1.29 is 18.7 Å². The summed E-state index contributed by atoms with van der Waals surface area (Å²) in [6.07, 6.45) is -2.81. The summed E-state index contributed by atoms with van der Waals surface area (Å²) >= 11 is 5.40. The summed E-state index contributed by atoms with van der Waals surface area (Å²) in [6, 6.07) is 0.837. The molecule has 0 amide bonds. The molecule has 3 N–H and O–H groups in total. The molecule has 0 saturated heterocycles. The first kappa shape index (κ1) is 11.6. The largest absolute Gasteiger partial charge is 0.478 e. The molecule has 0 aliphatic carbocycles. The minimum atomic E-state index is -2.81. The highest BCUT2D eigenvalue weighted by molar-refractivity contribution is 6.17. The highest BCUT2D eigenvalue weighted by atomic mass is 35.5. The van der Waals surface area contributed by atoms with E-state index in [9.17, 15) is 13.6 Å². The maximum absolute atomic E-state index is 12.3. The zero-order valence-electron chi connectivity index (χ0n) is 7.38. The highest BCUT2D eigenvalue weighted by Gasteiger charge is 2.19. The number of pyridine rings is 1. The lowest BCUT2D eigenvalue weighted by Gasteiger charge is -2.08. The van der Waals surface area contributed by atoms with Crippen molar-refractivity contribution in [1.82, 2.24) is 4.98 Å². The van der Waals surface area contributed by atoms with Gasteiger partial charge in [-0.05, 0) is 6.07 Å². The van der Waals surface area contributed by atoms with Crippen molar-refractivity contribution in [2.75, 3.05) is 5.73 Å². The van der Waals surface area contributed by atoms with Gasteiger partial charge in [-0.1, -0.05) is 0 Å². The van der Waals surface area contributed by atoms with Gasteiger partial charge in [-0.25, -0.2) is 18.6 Å². The van der Waals surface area contributed by atoms with Crippen LogP contribution in [0.2, 0.25) is 0 Å². The molecular weight excluding hydrogens is 230 g/mol. The van der Waals surface area contributed by atoms with E-state index in [1.807, 2.05) is 0 Å². The lowest BCUT2D eigenvalue weighted by molar-refractivity contribution is 0.0696. The predicted molar refractivity (Wildman–Crippen MR) is 50.1 cm³/mol. The number of nitrogens with two attached hydrogens (primary N) is 1. The number of nitrogen functional groups attached to an aromatic ring is 1. The van der Waals surface area contributed by atoms with E-state index in [1.165, 1.54) is 0 Å². The second-order valence-electron chi connectivity index (χ2n) is 2.70. The van der Waals surface area contributed by atoms with Crippen molar-refractivity contribution in [3.8, 4) is 0 Å². The Morgan fingerprint density at radius 2 is 2.27 bits per heavy atom. The van der Waals surface area contributed by atoms with Crippen LogP contribution in [0.5, 0.6) is 0 Å². The third-order valence-corrected chi connectivity index (χ3v) is 1.96. The molecule has 1 rings (SSSR count). The number of alkyl halides is 3. The monoisotopic (exact) mass is 236 g/mol. The number of aromatic carboxylic acids is 1. The van der Waals surface area contributed by atoms with E-state index in [0.29, 0.717) is 0 Å². The van der Waals surface area contributed by atoms with Gasteiger partial charge in [-0.2, -0.15) is 0 Å². The Balaban J connectivity index is 3.37. The van der Waals surface area contributed by atoms with Crippen molar-refractivity contribution in [2.45, 2.75) is 12.3 Å². The molecule has 0 unspecified atom stereocenters. The van der Waals surface area contributed by atoms with E-state index in [0.717, 1.165) is 6.07 Å². The van der Waals surface area contributed by atoms with Crippen molar-refractivity contribution in [1.29, 1.82) is 0 Å². The van der Waals surface area contributed by atoms with Gasteiger partial charge >= 0.3 is 5.97 Å². The van der Waals surface area contributed by atoms with E-state index >= 15 is 0 Å². The van der Waals surface area contributed by atoms with Gasteiger partial charge in [-0.15, -0.1) is 11.6 Å². The van der Waals surface area contributed by atoms with Crippen LogP contribution >= 0.6 is 11.6 Å². The van der Waals surface area contributed by atoms with Crippen molar-refractivity contribution in [3.05, 3.63) is 23.0 Å². The highest BCUT2D eigenvalue weighted by Crippen LogP contribution is 2.24. The average molecular weight is 237 g/mol. The van der Waals surface area contributed by atoms with Crippen LogP contribution in [-0.2, 0) is 5.88 Å². The Labute approximate surface area is 88.7 Å². The smallest absolute Gasteiger partial charge is 0.339 e. The molecular formula is C8H7ClF2N2O2. The second-order valence-corrected chi connectivity index (χ2v) is 2.96. The molecule has 0 saturated carbocycles. The number of carboxylic acids is 1. The van der Waals surface area contributed by atoms with Crippen molar-refractivity contribution in [2.24, 2.45) is 0 Å². The fraction of sp³-hybridized carbons (Fsp3) is 0.250. The summed E-state index contributed by atoms with van der Waals surface area (Å²) in [4.78, 5) is 14.1. The van der Waals surface area contributed by atoms with Gasteiger partial charge in [0, 0.05) is 0 Å². The Hall–Kier alpha value is -1.43. The number of carbonyl (C=O) groups is 1. The topological polar surface area (TPSA) is 76.2 Å². The van der Waals surface area contributed by atoms with Crippen LogP contribution in [0, 0.1) is 0 Å². The molecule has 0 spiro atoms. The number of hydrogen-bond acceptors (Lipinski definition) is 3. The first-order valence-corrected chi connectivity index (χ1v) is 4.37. The molecule has 82 valence electrons. The lowest BCUT2D eigenvalue weighted by Crippen LogP contribution is -2.10. The first-order chi connectivity index (χ1) is 6.97. The molecule has 0 aliphatic heterocycles. The Morgan fingerprint density at radius 3 is 2.67 bits per heavy atom. The first-order valence-electron chi connectivity index (χ1n) is 3.84. The number of aromatic nitrogens is 1. The third-order valence-electron chi connectivity index (χ3n) is 1.71. The molecule has 0 aromatic carbocycles. The molecule has 0 fully saturated rings. The van der Waals surface area contributed by atoms with Crippen molar-refractivity contribution >= 4 is 23.3 Å². The van der Waals surface area contributed by atoms with Crippen LogP contribution in [0.1, 0.15) is 28.2 Å². The lowest BCUT2D eigenvalue weighted by atomic mass is 10.1. The molecule has 0 radical (unpaired) electrons. The Kier molecular flexibility index (Phi) is 3.41. The van der Waals surface area contributed by atoms with Crippen LogP contribution in [0.3, 0.4) is 0 Å². The molecule has 7 heteroatoms. The fourth-order valence-corrected chi connectivity index (χ4v) is 1.29. The Morgan fingerprint density at radius 1 is 1.67 bits per heavy atom. The normalized spacial score (nSPS) is 10.7. The van der Waals surface area contributed by atoms with Gasteiger partial charge in [-0.3, -0.25) is 0 Å². The molecule has 15 heavy (non-hydrogen) atoms.